The number of hydrogen-bond donors (Lipinski definition) is 1. The quantitative estimate of drug-likeness (QED) is 0.851. The first-order valence-electron chi connectivity index (χ1n) is 6.16. The van der Waals surface area contributed by atoms with Crippen molar-refractivity contribution in [3.05, 3.63) is 29.8 Å². The zero-order chi connectivity index (χ0) is 11.8. The summed E-state index contributed by atoms with van der Waals surface area (Å²) in [5.74, 6) is -0.395. The monoisotopic (exact) mass is 238 g/mol. The Labute approximate surface area is 99.6 Å². The molecule has 3 saturated heterocycles. The van der Waals surface area contributed by atoms with Crippen molar-refractivity contribution in [1.29, 1.82) is 0 Å². The van der Waals surface area contributed by atoms with Crippen molar-refractivity contribution in [1.82, 2.24) is 4.90 Å². The van der Waals surface area contributed by atoms with E-state index in [4.69, 9.17) is 0 Å². The smallest absolute Gasteiger partial charge is 0.149 e. The number of benzene rings is 1. The van der Waals surface area contributed by atoms with Gasteiger partial charge in [0.15, 0.2) is 0 Å². The third-order valence-electron chi connectivity index (χ3n) is 3.93. The van der Waals surface area contributed by atoms with Crippen molar-refractivity contribution in [2.24, 2.45) is 5.92 Å². The molecule has 0 aliphatic carbocycles. The van der Waals surface area contributed by atoms with E-state index in [-0.39, 0.29) is 0 Å². The first kappa shape index (κ1) is 11.0. The van der Waals surface area contributed by atoms with Crippen molar-refractivity contribution in [2.75, 3.05) is 25.0 Å². The molecule has 0 saturated carbocycles. The van der Waals surface area contributed by atoms with Gasteiger partial charge in [0.25, 0.3) is 0 Å². The maximum atomic E-state index is 13.5. The fourth-order valence-electron chi connectivity index (χ4n) is 2.93. The van der Waals surface area contributed by atoms with Gasteiger partial charge in [-0.05, 0) is 44.0 Å². The highest BCUT2D eigenvalue weighted by Crippen LogP contribution is 2.30. The molecule has 0 radical (unpaired) electrons. The SMILES string of the molecule is Fc1ccc(NC2CN3CCC2CC3)c(F)c1. The number of nitrogens with one attached hydrogen (secondary N) is 1. The van der Waals surface area contributed by atoms with Gasteiger partial charge in [-0.2, -0.15) is 0 Å². The first-order valence-corrected chi connectivity index (χ1v) is 6.16. The van der Waals surface area contributed by atoms with Crippen LogP contribution in [0.25, 0.3) is 0 Å². The van der Waals surface area contributed by atoms with E-state index in [1.54, 1.807) is 0 Å². The van der Waals surface area contributed by atoms with Gasteiger partial charge in [0.1, 0.15) is 11.6 Å². The van der Waals surface area contributed by atoms with Crippen LogP contribution in [-0.4, -0.2) is 30.6 Å². The molecule has 3 heterocycles. The molecule has 3 aliphatic heterocycles. The number of nitrogens with zero attached hydrogens (tertiary/aromatic N) is 1. The number of anilines is 1. The molecular formula is C13H16F2N2. The highest BCUT2D eigenvalue weighted by Gasteiger charge is 2.34. The lowest BCUT2D eigenvalue weighted by atomic mass is 9.84. The van der Waals surface area contributed by atoms with Gasteiger partial charge < -0.3 is 10.2 Å². The average molecular weight is 238 g/mol. The van der Waals surface area contributed by atoms with Crippen molar-refractivity contribution < 1.29 is 8.78 Å². The normalized spacial score (nSPS) is 31.5. The van der Waals surface area contributed by atoms with Gasteiger partial charge in [0.05, 0.1) is 5.69 Å². The average Bonchev–Trinajstić information content (AvgIpc) is 2.34. The summed E-state index contributed by atoms with van der Waals surface area (Å²) in [5, 5.41) is 3.22. The summed E-state index contributed by atoms with van der Waals surface area (Å²) in [5.41, 5.74) is 0.421. The third-order valence-corrected chi connectivity index (χ3v) is 3.93. The molecule has 3 fully saturated rings. The molecule has 92 valence electrons. The molecule has 0 amide bonds. The van der Waals surface area contributed by atoms with Crippen LogP contribution in [0.2, 0.25) is 0 Å². The Kier molecular flexibility index (Phi) is 2.74. The predicted octanol–water partition coefficient (Wildman–Crippen LogP) is 2.47. The van der Waals surface area contributed by atoms with Gasteiger partial charge in [-0.15, -0.1) is 0 Å². The number of piperidine rings is 3. The lowest BCUT2D eigenvalue weighted by molar-refractivity contribution is 0.0974. The van der Waals surface area contributed by atoms with E-state index in [1.807, 2.05) is 0 Å². The van der Waals surface area contributed by atoms with E-state index < -0.39 is 11.6 Å². The summed E-state index contributed by atoms with van der Waals surface area (Å²) < 4.78 is 26.3. The predicted molar refractivity (Wildman–Crippen MR) is 62.9 cm³/mol. The van der Waals surface area contributed by atoms with Gasteiger partial charge in [0.2, 0.25) is 0 Å². The van der Waals surface area contributed by atoms with E-state index in [0.29, 0.717) is 17.6 Å². The molecule has 1 atom stereocenters. The first-order chi connectivity index (χ1) is 8.22. The molecule has 1 N–H and O–H groups in total. The van der Waals surface area contributed by atoms with Crippen molar-refractivity contribution in [2.45, 2.75) is 18.9 Å². The molecule has 0 spiro atoms. The Morgan fingerprint density at radius 1 is 1.18 bits per heavy atom. The Balaban J connectivity index is 1.74. The largest absolute Gasteiger partial charge is 0.378 e. The van der Waals surface area contributed by atoms with Crippen LogP contribution in [-0.2, 0) is 0 Å². The summed E-state index contributed by atoms with van der Waals surface area (Å²) in [6, 6.07) is 4.02. The zero-order valence-corrected chi connectivity index (χ0v) is 9.63. The van der Waals surface area contributed by atoms with E-state index in [0.717, 1.165) is 25.7 Å². The molecule has 1 aromatic carbocycles. The molecule has 0 aromatic heterocycles. The van der Waals surface area contributed by atoms with Crippen LogP contribution < -0.4 is 5.32 Å². The van der Waals surface area contributed by atoms with E-state index in [1.165, 1.54) is 25.0 Å². The number of hydrogen-bond acceptors (Lipinski definition) is 2. The van der Waals surface area contributed by atoms with E-state index in [2.05, 4.69) is 10.2 Å². The van der Waals surface area contributed by atoms with Gasteiger partial charge in [0, 0.05) is 18.7 Å². The second kappa shape index (κ2) is 4.26. The highest BCUT2D eigenvalue weighted by atomic mass is 19.1. The maximum Gasteiger partial charge on any atom is 0.149 e. The van der Waals surface area contributed by atoms with E-state index in [9.17, 15) is 8.78 Å². The molecule has 1 aromatic rings. The van der Waals surface area contributed by atoms with Gasteiger partial charge in [-0.3, -0.25) is 0 Å². The van der Waals surface area contributed by atoms with Crippen LogP contribution in [0.1, 0.15) is 12.8 Å². The number of fused-ring (bicyclic) bond motifs is 3. The van der Waals surface area contributed by atoms with E-state index >= 15 is 0 Å². The van der Waals surface area contributed by atoms with Crippen LogP contribution in [0.5, 0.6) is 0 Å². The fraction of sp³-hybridized carbons (Fsp3) is 0.538. The fourth-order valence-corrected chi connectivity index (χ4v) is 2.93. The molecule has 17 heavy (non-hydrogen) atoms. The number of halogens is 2. The second-order valence-electron chi connectivity index (χ2n) is 5.01. The molecule has 2 bridgehead atoms. The molecule has 3 aliphatic rings. The standard InChI is InChI=1S/C13H16F2N2/c14-10-1-2-12(11(15)7-10)16-13-8-17-5-3-9(13)4-6-17/h1-2,7,9,13,16H,3-6,8H2. The third kappa shape index (κ3) is 2.14. The van der Waals surface area contributed by atoms with Gasteiger partial charge in [-0.1, -0.05) is 0 Å². The summed E-state index contributed by atoms with van der Waals surface area (Å²) in [6.07, 6.45) is 2.36. The maximum absolute atomic E-state index is 13.5. The topological polar surface area (TPSA) is 15.3 Å². The lowest BCUT2D eigenvalue weighted by Crippen LogP contribution is -2.53. The summed E-state index contributed by atoms with van der Waals surface area (Å²) in [4.78, 5) is 2.40. The highest BCUT2D eigenvalue weighted by molar-refractivity contribution is 5.46. The minimum Gasteiger partial charge on any atom is -0.378 e. The summed E-state index contributed by atoms with van der Waals surface area (Å²) in [6.45, 7) is 3.30. The van der Waals surface area contributed by atoms with Crippen molar-refractivity contribution in [3.8, 4) is 0 Å². The van der Waals surface area contributed by atoms with Crippen LogP contribution in [0.3, 0.4) is 0 Å². The van der Waals surface area contributed by atoms with Crippen molar-refractivity contribution in [3.63, 3.8) is 0 Å². The summed E-state index contributed by atoms with van der Waals surface area (Å²) in [7, 11) is 0. The van der Waals surface area contributed by atoms with Crippen LogP contribution >= 0.6 is 0 Å². The Morgan fingerprint density at radius 3 is 2.53 bits per heavy atom. The van der Waals surface area contributed by atoms with Gasteiger partial charge in [-0.25, -0.2) is 8.78 Å². The molecule has 2 nitrogen and oxygen atoms in total. The second-order valence-corrected chi connectivity index (χ2v) is 5.01. The molecule has 4 heteroatoms. The number of rotatable bonds is 2. The Morgan fingerprint density at radius 2 is 1.94 bits per heavy atom. The molecule has 1 unspecified atom stereocenters. The zero-order valence-electron chi connectivity index (χ0n) is 9.63. The Bertz CT molecular complexity index is 414. The summed E-state index contributed by atoms with van der Waals surface area (Å²) >= 11 is 0. The minimum atomic E-state index is -0.526. The Hall–Kier alpha value is -1.16. The minimum absolute atomic E-state index is 0.303. The van der Waals surface area contributed by atoms with Gasteiger partial charge >= 0.3 is 0 Å². The lowest BCUT2D eigenvalue weighted by Gasteiger charge is -2.45. The molecule has 4 rings (SSSR count). The van der Waals surface area contributed by atoms with Crippen LogP contribution in [0.4, 0.5) is 14.5 Å². The van der Waals surface area contributed by atoms with Crippen molar-refractivity contribution >= 4 is 5.69 Å². The molecular weight excluding hydrogens is 222 g/mol. The van der Waals surface area contributed by atoms with Crippen LogP contribution in [0, 0.1) is 17.6 Å². The van der Waals surface area contributed by atoms with Crippen LogP contribution in [0.15, 0.2) is 18.2 Å².